The lowest BCUT2D eigenvalue weighted by atomic mass is 9.97. The summed E-state index contributed by atoms with van der Waals surface area (Å²) in [7, 11) is 1.33. The van der Waals surface area contributed by atoms with Gasteiger partial charge in [-0.1, -0.05) is 30.3 Å². The summed E-state index contributed by atoms with van der Waals surface area (Å²) in [5.41, 5.74) is 5.45. The summed E-state index contributed by atoms with van der Waals surface area (Å²) in [6.07, 6.45) is 3.55. The molecular formula is C27H24N2O5. The Kier molecular flexibility index (Phi) is 5.76. The number of aryl methyl sites for hydroxylation is 1. The van der Waals surface area contributed by atoms with Crippen molar-refractivity contribution in [3.05, 3.63) is 93.7 Å². The van der Waals surface area contributed by atoms with E-state index < -0.39 is 4.92 Å². The second-order valence-corrected chi connectivity index (χ2v) is 8.52. The molecule has 0 amide bonds. The molecule has 1 N–H and O–H groups in total. The molecule has 7 heteroatoms. The van der Waals surface area contributed by atoms with Gasteiger partial charge in [0.2, 0.25) is 5.75 Å². The van der Waals surface area contributed by atoms with Gasteiger partial charge in [0.1, 0.15) is 6.10 Å². The van der Waals surface area contributed by atoms with Crippen molar-refractivity contribution in [2.24, 2.45) is 0 Å². The first kappa shape index (κ1) is 21.7. The van der Waals surface area contributed by atoms with Gasteiger partial charge in [-0.2, -0.15) is 0 Å². The lowest BCUT2D eigenvalue weighted by molar-refractivity contribution is -0.386. The fourth-order valence-electron chi connectivity index (χ4n) is 4.63. The van der Waals surface area contributed by atoms with Gasteiger partial charge in [-0.05, 0) is 58.3 Å². The number of carbonyl (C=O) groups excluding carboxylic acids is 1. The highest BCUT2D eigenvalue weighted by Crippen LogP contribution is 2.42. The molecule has 0 aliphatic heterocycles. The minimum absolute atomic E-state index is 0.0949. The standard InChI is InChI=1S/C27H24N2O5/c1-33-26(30)9-6-17-12-23(20-7-8-24-21(14-20)10-11-28-24)27(25(13-17)29(31)32)34-22-15-18-4-2-3-5-19(18)16-22/h2-5,7-8,10-14,22,28H,6,9,15-16H2,1H3. The van der Waals surface area contributed by atoms with Gasteiger partial charge < -0.3 is 14.5 Å². The second-order valence-electron chi connectivity index (χ2n) is 8.52. The van der Waals surface area contributed by atoms with E-state index in [1.54, 1.807) is 0 Å². The zero-order chi connectivity index (χ0) is 23.7. The molecule has 7 nitrogen and oxygen atoms in total. The molecule has 1 aromatic heterocycles. The van der Waals surface area contributed by atoms with Crippen LogP contribution in [0, 0.1) is 10.1 Å². The molecule has 34 heavy (non-hydrogen) atoms. The van der Waals surface area contributed by atoms with Crippen molar-refractivity contribution in [2.45, 2.75) is 31.8 Å². The first-order valence-electron chi connectivity index (χ1n) is 11.2. The van der Waals surface area contributed by atoms with E-state index in [1.165, 1.54) is 24.3 Å². The summed E-state index contributed by atoms with van der Waals surface area (Å²) >= 11 is 0. The number of nitro benzene ring substituents is 1. The van der Waals surface area contributed by atoms with Gasteiger partial charge in [-0.25, -0.2) is 0 Å². The Labute approximate surface area is 196 Å². The number of nitrogens with one attached hydrogen (secondary N) is 1. The van der Waals surface area contributed by atoms with Crippen molar-refractivity contribution in [1.29, 1.82) is 0 Å². The molecule has 0 saturated heterocycles. The molecule has 0 radical (unpaired) electrons. The van der Waals surface area contributed by atoms with E-state index in [9.17, 15) is 14.9 Å². The smallest absolute Gasteiger partial charge is 0.311 e. The lowest BCUT2D eigenvalue weighted by Gasteiger charge is -2.18. The van der Waals surface area contributed by atoms with Gasteiger partial charge in [-0.15, -0.1) is 0 Å². The van der Waals surface area contributed by atoms with E-state index in [0.29, 0.717) is 30.4 Å². The maximum absolute atomic E-state index is 12.1. The Morgan fingerprint density at radius 3 is 2.56 bits per heavy atom. The highest BCUT2D eigenvalue weighted by molar-refractivity contribution is 5.87. The van der Waals surface area contributed by atoms with E-state index in [1.807, 2.05) is 48.7 Å². The predicted octanol–water partition coefficient (Wildman–Crippen LogP) is 5.39. The number of aromatic nitrogens is 1. The molecule has 0 saturated carbocycles. The Balaban J connectivity index is 1.58. The quantitative estimate of drug-likeness (QED) is 0.228. The van der Waals surface area contributed by atoms with Crippen LogP contribution in [0.2, 0.25) is 0 Å². The van der Waals surface area contributed by atoms with Crippen molar-refractivity contribution in [3.8, 4) is 16.9 Å². The maximum atomic E-state index is 12.1. The fourth-order valence-corrected chi connectivity index (χ4v) is 4.63. The molecule has 3 aromatic carbocycles. The molecule has 172 valence electrons. The number of hydrogen-bond donors (Lipinski definition) is 1. The summed E-state index contributed by atoms with van der Waals surface area (Å²) in [4.78, 5) is 26.6. The summed E-state index contributed by atoms with van der Waals surface area (Å²) in [5.74, 6) is -0.0958. The number of hydrogen-bond acceptors (Lipinski definition) is 5. The maximum Gasteiger partial charge on any atom is 0.311 e. The molecule has 1 aliphatic carbocycles. The van der Waals surface area contributed by atoms with Crippen molar-refractivity contribution in [2.75, 3.05) is 7.11 Å². The summed E-state index contributed by atoms with van der Waals surface area (Å²) in [6.45, 7) is 0. The van der Waals surface area contributed by atoms with E-state index in [4.69, 9.17) is 9.47 Å². The van der Waals surface area contributed by atoms with Gasteiger partial charge in [0.25, 0.3) is 0 Å². The number of fused-ring (bicyclic) bond motifs is 2. The van der Waals surface area contributed by atoms with Gasteiger partial charge in [0.15, 0.2) is 0 Å². The SMILES string of the molecule is COC(=O)CCc1cc(-c2ccc3[nH]ccc3c2)c(OC2Cc3ccccc3C2)c([N+](=O)[O-])c1. The minimum atomic E-state index is -0.405. The van der Waals surface area contributed by atoms with Gasteiger partial charge >= 0.3 is 11.7 Å². The van der Waals surface area contributed by atoms with Crippen LogP contribution in [-0.2, 0) is 28.8 Å². The second kappa shape index (κ2) is 9.02. The van der Waals surface area contributed by atoms with Crippen LogP contribution >= 0.6 is 0 Å². The summed E-state index contributed by atoms with van der Waals surface area (Å²) in [6, 6.07) is 19.4. The third-order valence-electron chi connectivity index (χ3n) is 6.33. The Morgan fingerprint density at radius 1 is 1.09 bits per heavy atom. The topological polar surface area (TPSA) is 94.5 Å². The monoisotopic (exact) mass is 456 g/mol. The van der Waals surface area contributed by atoms with Crippen LogP contribution < -0.4 is 4.74 Å². The average molecular weight is 456 g/mol. The molecular weight excluding hydrogens is 432 g/mol. The van der Waals surface area contributed by atoms with Crippen molar-refractivity contribution < 1.29 is 19.2 Å². The molecule has 0 spiro atoms. The Hall–Kier alpha value is -4.13. The fraction of sp³-hybridized carbons (Fsp3) is 0.222. The van der Waals surface area contributed by atoms with Crippen LogP contribution in [0.3, 0.4) is 0 Å². The molecule has 0 fully saturated rings. The summed E-state index contributed by atoms with van der Waals surface area (Å²) in [5, 5.41) is 13.1. The first-order chi connectivity index (χ1) is 16.5. The van der Waals surface area contributed by atoms with Gasteiger partial charge in [-0.3, -0.25) is 14.9 Å². The van der Waals surface area contributed by atoms with E-state index >= 15 is 0 Å². The van der Waals surface area contributed by atoms with Crippen LogP contribution in [0.15, 0.2) is 66.9 Å². The predicted molar refractivity (Wildman–Crippen MR) is 129 cm³/mol. The van der Waals surface area contributed by atoms with Crippen molar-refractivity contribution >= 4 is 22.6 Å². The van der Waals surface area contributed by atoms with Gasteiger partial charge in [0, 0.05) is 42.6 Å². The number of nitrogens with zero attached hydrogens (tertiary/aromatic N) is 1. The van der Waals surface area contributed by atoms with Crippen LogP contribution in [0.1, 0.15) is 23.1 Å². The molecule has 0 unspecified atom stereocenters. The number of esters is 1. The Bertz CT molecular complexity index is 1370. The van der Waals surface area contributed by atoms with Gasteiger partial charge in [0.05, 0.1) is 12.0 Å². The number of aromatic amines is 1. The molecule has 4 aromatic rings. The third kappa shape index (κ3) is 4.24. The minimum Gasteiger partial charge on any atom is -0.482 e. The zero-order valence-corrected chi connectivity index (χ0v) is 18.7. The number of methoxy groups -OCH3 is 1. The van der Waals surface area contributed by atoms with E-state index in [0.717, 1.165) is 16.5 Å². The highest BCUT2D eigenvalue weighted by Gasteiger charge is 2.29. The van der Waals surface area contributed by atoms with E-state index in [2.05, 4.69) is 17.1 Å². The van der Waals surface area contributed by atoms with Crippen molar-refractivity contribution in [3.63, 3.8) is 0 Å². The largest absolute Gasteiger partial charge is 0.482 e. The van der Waals surface area contributed by atoms with Crippen LogP contribution in [0.4, 0.5) is 5.69 Å². The van der Waals surface area contributed by atoms with Crippen molar-refractivity contribution in [1.82, 2.24) is 4.98 Å². The number of H-pyrrole nitrogens is 1. The number of ether oxygens (including phenoxy) is 2. The van der Waals surface area contributed by atoms with Crippen LogP contribution in [-0.4, -0.2) is 29.1 Å². The number of rotatable bonds is 7. The first-order valence-corrected chi connectivity index (χ1v) is 11.2. The van der Waals surface area contributed by atoms with Crippen LogP contribution in [0.25, 0.3) is 22.0 Å². The number of nitro groups is 1. The molecule has 0 bridgehead atoms. The lowest BCUT2D eigenvalue weighted by Crippen LogP contribution is -2.18. The Morgan fingerprint density at radius 2 is 1.85 bits per heavy atom. The van der Waals surface area contributed by atoms with E-state index in [-0.39, 0.29) is 29.9 Å². The summed E-state index contributed by atoms with van der Waals surface area (Å²) < 4.78 is 11.1. The molecule has 5 rings (SSSR count). The third-order valence-corrected chi connectivity index (χ3v) is 6.33. The molecule has 1 aliphatic rings. The number of carbonyl (C=O) groups is 1. The average Bonchev–Trinajstić information content (AvgIpc) is 3.48. The molecule has 0 atom stereocenters. The normalized spacial score (nSPS) is 13.1. The highest BCUT2D eigenvalue weighted by atomic mass is 16.6. The molecule has 1 heterocycles. The zero-order valence-electron chi connectivity index (χ0n) is 18.7. The number of benzene rings is 3. The van der Waals surface area contributed by atoms with Crippen LogP contribution in [0.5, 0.6) is 5.75 Å².